The number of benzene rings is 1. The van der Waals surface area contributed by atoms with Gasteiger partial charge in [-0.25, -0.2) is 9.48 Å². The number of methoxy groups -OCH3 is 1. The van der Waals surface area contributed by atoms with Crippen molar-refractivity contribution >= 4 is 11.9 Å². The molecule has 0 N–H and O–H groups in total. The van der Waals surface area contributed by atoms with E-state index in [4.69, 9.17) is 4.74 Å². The number of carbonyl (C=O) groups excluding carboxylic acids is 2. The highest BCUT2D eigenvalue weighted by atomic mass is 16.5. The first kappa shape index (κ1) is 15.3. The molecule has 1 aromatic carbocycles. The highest BCUT2D eigenvalue weighted by Crippen LogP contribution is 2.21. The van der Waals surface area contributed by atoms with Crippen LogP contribution in [-0.2, 0) is 9.53 Å². The van der Waals surface area contributed by atoms with Crippen LogP contribution in [-0.4, -0.2) is 46.3 Å². The van der Waals surface area contributed by atoms with E-state index in [9.17, 15) is 9.59 Å². The highest BCUT2D eigenvalue weighted by molar-refractivity contribution is 5.96. The molecule has 2 heterocycles. The van der Waals surface area contributed by atoms with Crippen LogP contribution in [0.15, 0.2) is 42.7 Å². The minimum absolute atomic E-state index is 0.178. The molecule has 1 fully saturated rings. The molecule has 120 valence electrons. The van der Waals surface area contributed by atoms with Crippen molar-refractivity contribution < 1.29 is 14.3 Å². The van der Waals surface area contributed by atoms with Crippen LogP contribution in [0.5, 0.6) is 0 Å². The fraction of sp³-hybridized carbons (Fsp3) is 0.353. The fourth-order valence-electron chi connectivity index (χ4n) is 2.88. The molecule has 1 atom stereocenters. The number of likely N-dealkylation sites (tertiary alicyclic amines) is 1. The maximum Gasteiger partial charge on any atom is 0.328 e. The number of para-hydroxylation sites is 1. The van der Waals surface area contributed by atoms with E-state index in [0.717, 1.165) is 18.5 Å². The van der Waals surface area contributed by atoms with Crippen molar-refractivity contribution in [2.45, 2.75) is 25.3 Å². The molecule has 0 radical (unpaired) electrons. The van der Waals surface area contributed by atoms with Gasteiger partial charge >= 0.3 is 5.97 Å². The second kappa shape index (κ2) is 6.64. The Morgan fingerprint density at radius 1 is 1.22 bits per heavy atom. The number of esters is 1. The first-order chi connectivity index (χ1) is 11.2. The summed E-state index contributed by atoms with van der Waals surface area (Å²) >= 11 is 0. The molecule has 6 nitrogen and oxygen atoms in total. The molecule has 1 amide bonds. The van der Waals surface area contributed by atoms with Crippen molar-refractivity contribution in [1.82, 2.24) is 14.7 Å². The molecule has 2 aromatic rings. The number of rotatable bonds is 3. The monoisotopic (exact) mass is 313 g/mol. The topological polar surface area (TPSA) is 64.4 Å². The van der Waals surface area contributed by atoms with E-state index in [1.54, 1.807) is 15.8 Å². The predicted molar refractivity (Wildman–Crippen MR) is 84.3 cm³/mol. The van der Waals surface area contributed by atoms with Crippen LogP contribution < -0.4 is 0 Å². The number of hydrogen-bond acceptors (Lipinski definition) is 4. The van der Waals surface area contributed by atoms with Gasteiger partial charge in [0.15, 0.2) is 0 Å². The van der Waals surface area contributed by atoms with Crippen LogP contribution in [0.3, 0.4) is 0 Å². The Morgan fingerprint density at radius 2 is 2.00 bits per heavy atom. The SMILES string of the molecule is COC(=O)C1CCCCN1C(=O)c1cnn(-c2ccccc2)c1. The van der Waals surface area contributed by atoms with Crippen molar-refractivity contribution in [3.05, 3.63) is 48.3 Å². The Balaban J connectivity index is 1.82. The van der Waals surface area contributed by atoms with Crippen molar-refractivity contribution in [2.24, 2.45) is 0 Å². The van der Waals surface area contributed by atoms with E-state index in [2.05, 4.69) is 5.10 Å². The van der Waals surface area contributed by atoms with Crippen molar-refractivity contribution in [2.75, 3.05) is 13.7 Å². The maximum absolute atomic E-state index is 12.7. The number of piperidine rings is 1. The Kier molecular flexibility index (Phi) is 4.41. The van der Waals surface area contributed by atoms with Crippen LogP contribution >= 0.6 is 0 Å². The maximum atomic E-state index is 12.7. The zero-order valence-electron chi connectivity index (χ0n) is 13.0. The molecular formula is C17H19N3O3. The van der Waals surface area contributed by atoms with Gasteiger partial charge in [0.25, 0.3) is 5.91 Å². The van der Waals surface area contributed by atoms with Gasteiger partial charge in [0.05, 0.1) is 24.6 Å². The average molecular weight is 313 g/mol. The summed E-state index contributed by atoms with van der Waals surface area (Å²) in [6.07, 6.45) is 5.70. The largest absolute Gasteiger partial charge is 0.467 e. The first-order valence-electron chi connectivity index (χ1n) is 7.69. The fourth-order valence-corrected chi connectivity index (χ4v) is 2.88. The molecule has 1 unspecified atom stereocenters. The first-order valence-corrected chi connectivity index (χ1v) is 7.69. The lowest BCUT2D eigenvalue weighted by Gasteiger charge is -2.33. The smallest absolute Gasteiger partial charge is 0.328 e. The van der Waals surface area contributed by atoms with Crippen molar-refractivity contribution in [3.8, 4) is 5.69 Å². The van der Waals surface area contributed by atoms with Gasteiger partial charge in [-0.15, -0.1) is 0 Å². The van der Waals surface area contributed by atoms with Crippen LogP contribution in [0.1, 0.15) is 29.6 Å². The molecule has 0 saturated carbocycles. The van der Waals surface area contributed by atoms with E-state index in [0.29, 0.717) is 18.5 Å². The third kappa shape index (κ3) is 3.11. The van der Waals surface area contributed by atoms with Crippen LogP contribution in [0, 0.1) is 0 Å². The van der Waals surface area contributed by atoms with Gasteiger partial charge in [0.1, 0.15) is 6.04 Å². The molecule has 1 aliphatic rings. The summed E-state index contributed by atoms with van der Waals surface area (Å²) in [6, 6.07) is 9.08. The van der Waals surface area contributed by atoms with Crippen molar-refractivity contribution in [3.63, 3.8) is 0 Å². The summed E-state index contributed by atoms with van der Waals surface area (Å²) in [7, 11) is 1.35. The predicted octanol–water partition coefficient (Wildman–Crippen LogP) is 2.04. The molecule has 6 heteroatoms. The number of amides is 1. The van der Waals surface area contributed by atoms with Gasteiger partial charge in [-0.3, -0.25) is 4.79 Å². The van der Waals surface area contributed by atoms with Gasteiger partial charge in [-0.05, 0) is 31.4 Å². The van der Waals surface area contributed by atoms with E-state index < -0.39 is 6.04 Å². The number of aromatic nitrogens is 2. The van der Waals surface area contributed by atoms with Crippen LogP contribution in [0.4, 0.5) is 0 Å². The third-order valence-corrected chi connectivity index (χ3v) is 4.09. The summed E-state index contributed by atoms with van der Waals surface area (Å²) in [5, 5.41) is 4.25. The standard InChI is InChI=1S/C17H19N3O3/c1-23-17(22)15-9-5-6-10-19(15)16(21)13-11-18-20(12-13)14-7-3-2-4-8-14/h2-4,7-8,11-12,15H,5-6,9-10H2,1H3. The number of nitrogens with zero attached hydrogens (tertiary/aromatic N) is 3. The second-order valence-corrected chi connectivity index (χ2v) is 5.54. The van der Waals surface area contributed by atoms with Crippen molar-refractivity contribution in [1.29, 1.82) is 0 Å². The number of hydrogen-bond donors (Lipinski definition) is 0. The van der Waals surface area contributed by atoms with Gasteiger partial charge < -0.3 is 9.64 Å². The Morgan fingerprint density at radius 3 is 2.74 bits per heavy atom. The van der Waals surface area contributed by atoms with Gasteiger partial charge in [0, 0.05) is 12.7 Å². The summed E-state index contributed by atoms with van der Waals surface area (Å²) < 4.78 is 6.48. The van der Waals surface area contributed by atoms with Crippen LogP contribution in [0.2, 0.25) is 0 Å². The van der Waals surface area contributed by atoms with Gasteiger partial charge in [-0.2, -0.15) is 5.10 Å². The molecule has 23 heavy (non-hydrogen) atoms. The summed E-state index contributed by atoms with van der Waals surface area (Å²) in [5.41, 5.74) is 1.36. The zero-order valence-corrected chi connectivity index (χ0v) is 13.0. The number of ether oxygens (including phenoxy) is 1. The van der Waals surface area contributed by atoms with Gasteiger partial charge in [-0.1, -0.05) is 18.2 Å². The summed E-state index contributed by atoms with van der Waals surface area (Å²) in [4.78, 5) is 26.2. The average Bonchev–Trinajstić information content (AvgIpc) is 3.11. The molecule has 0 bridgehead atoms. The third-order valence-electron chi connectivity index (χ3n) is 4.09. The van der Waals surface area contributed by atoms with E-state index in [1.807, 2.05) is 30.3 Å². The van der Waals surface area contributed by atoms with E-state index in [-0.39, 0.29) is 11.9 Å². The normalized spacial score (nSPS) is 17.8. The molecule has 0 aliphatic carbocycles. The van der Waals surface area contributed by atoms with E-state index in [1.165, 1.54) is 13.3 Å². The van der Waals surface area contributed by atoms with Crippen LogP contribution in [0.25, 0.3) is 5.69 Å². The minimum atomic E-state index is -0.499. The molecule has 3 rings (SSSR count). The lowest BCUT2D eigenvalue weighted by Crippen LogP contribution is -2.48. The minimum Gasteiger partial charge on any atom is -0.467 e. The molecule has 1 aromatic heterocycles. The summed E-state index contributed by atoms with van der Waals surface area (Å²) in [6.45, 7) is 0.565. The molecule has 1 saturated heterocycles. The number of carbonyl (C=O) groups is 2. The second-order valence-electron chi connectivity index (χ2n) is 5.54. The zero-order chi connectivity index (χ0) is 16.2. The Bertz CT molecular complexity index is 696. The van der Waals surface area contributed by atoms with E-state index >= 15 is 0 Å². The lowest BCUT2D eigenvalue weighted by atomic mass is 10.0. The lowest BCUT2D eigenvalue weighted by molar-refractivity contribution is -0.147. The Hall–Kier alpha value is -2.63. The molecule has 1 aliphatic heterocycles. The quantitative estimate of drug-likeness (QED) is 0.814. The Labute approximate surface area is 134 Å². The highest BCUT2D eigenvalue weighted by Gasteiger charge is 2.33. The molecular weight excluding hydrogens is 294 g/mol. The molecule has 0 spiro atoms. The van der Waals surface area contributed by atoms with Gasteiger partial charge in [0.2, 0.25) is 0 Å². The summed E-state index contributed by atoms with van der Waals surface area (Å²) in [5.74, 6) is -0.532.